The number of aliphatic hydroxyl groups excluding tert-OH is 1. The van der Waals surface area contributed by atoms with Gasteiger partial charge in [0.25, 0.3) is 0 Å². The molecule has 1 aromatic carbocycles. The van der Waals surface area contributed by atoms with E-state index >= 15 is 0 Å². The number of nitrogens with zero attached hydrogens (tertiary/aromatic N) is 2. The van der Waals surface area contributed by atoms with Gasteiger partial charge in [-0.25, -0.2) is 13.8 Å². The van der Waals surface area contributed by atoms with Crippen LogP contribution < -0.4 is 5.32 Å². The van der Waals surface area contributed by atoms with Gasteiger partial charge in [0.1, 0.15) is 11.9 Å². The summed E-state index contributed by atoms with van der Waals surface area (Å²) in [5.41, 5.74) is 0.579. The van der Waals surface area contributed by atoms with Gasteiger partial charge in [0, 0.05) is 12.7 Å². The Hall–Kier alpha value is -2.52. The fourth-order valence-electron chi connectivity index (χ4n) is 1.67. The highest BCUT2D eigenvalue weighted by molar-refractivity contribution is 5.51. The minimum atomic E-state index is -1.04. The molecule has 0 amide bonds. The molecular weight excluding hydrogens is 264 g/mol. The number of hydrogen-bond donors (Lipinski definition) is 2. The van der Waals surface area contributed by atoms with Crippen molar-refractivity contribution in [1.82, 2.24) is 4.98 Å². The van der Waals surface area contributed by atoms with Crippen LogP contribution in [0.25, 0.3) is 0 Å². The van der Waals surface area contributed by atoms with Crippen molar-refractivity contribution in [2.75, 3.05) is 11.9 Å². The smallest absolute Gasteiger partial charge is 0.159 e. The van der Waals surface area contributed by atoms with Crippen LogP contribution in [-0.4, -0.2) is 16.6 Å². The molecule has 102 valence electrons. The summed E-state index contributed by atoms with van der Waals surface area (Å²) in [6, 6.07) is 8.35. The Morgan fingerprint density at radius 1 is 1.30 bits per heavy atom. The Morgan fingerprint density at radius 2 is 2.10 bits per heavy atom. The highest BCUT2D eigenvalue weighted by atomic mass is 19.2. The number of anilines is 1. The summed E-state index contributed by atoms with van der Waals surface area (Å²) in [6.45, 7) is 0.0246. The summed E-state index contributed by atoms with van der Waals surface area (Å²) in [4.78, 5) is 3.97. The van der Waals surface area contributed by atoms with Gasteiger partial charge in [-0.05, 0) is 29.8 Å². The van der Waals surface area contributed by atoms with Gasteiger partial charge in [0.05, 0.1) is 11.7 Å². The zero-order valence-electron chi connectivity index (χ0n) is 10.3. The molecule has 1 aromatic heterocycles. The van der Waals surface area contributed by atoms with Gasteiger partial charge < -0.3 is 10.4 Å². The van der Waals surface area contributed by atoms with Crippen molar-refractivity contribution in [2.24, 2.45) is 0 Å². The molecule has 0 radical (unpaired) electrons. The molecule has 0 aliphatic heterocycles. The number of aliphatic hydroxyl groups is 1. The predicted octanol–water partition coefficient (Wildman–Crippen LogP) is 2.38. The van der Waals surface area contributed by atoms with Gasteiger partial charge in [0.15, 0.2) is 11.6 Å². The summed E-state index contributed by atoms with van der Waals surface area (Å²) in [7, 11) is 0. The largest absolute Gasteiger partial charge is 0.387 e. The van der Waals surface area contributed by atoms with Gasteiger partial charge in [-0.1, -0.05) is 6.07 Å². The molecule has 2 rings (SSSR count). The van der Waals surface area contributed by atoms with E-state index in [4.69, 9.17) is 5.26 Å². The van der Waals surface area contributed by atoms with Gasteiger partial charge in [-0.2, -0.15) is 5.26 Å². The van der Waals surface area contributed by atoms with Crippen LogP contribution in [0.2, 0.25) is 0 Å². The second-order valence-electron chi connectivity index (χ2n) is 4.08. The SMILES string of the molecule is N#Cc1cccnc1NC[C@H](O)c1ccc(F)c(F)c1. The second kappa shape index (κ2) is 6.08. The Balaban J connectivity index is 2.07. The van der Waals surface area contributed by atoms with E-state index < -0.39 is 17.7 Å². The molecule has 0 saturated carbocycles. The van der Waals surface area contributed by atoms with Crippen LogP contribution in [0.15, 0.2) is 36.5 Å². The number of nitrogens with one attached hydrogen (secondary N) is 1. The third kappa shape index (κ3) is 3.08. The summed E-state index contributed by atoms with van der Waals surface area (Å²) < 4.78 is 25.9. The number of halogens is 2. The summed E-state index contributed by atoms with van der Waals surface area (Å²) in [5, 5.41) is 21.6. The van der Waals surface area contributed by atoms with E-state index in [2.05, 4.69) is 10.3 Å². The van der Waals surface area contributed by atoms with Crippen molar-refractivity contribution >= 4 is 5.82 Å². The molecule has 0 saturated heterocycles. The highest BCUT2D eigenvalue weighted by Gasteiger charge is 2.12. The van der Waals surface area contributed by atoms with E-state index in [-0.39, 0.29) is 12.1 Å². The van der Waals surface area contributed by atoms with E-state index in [1.165, 1.54) is 12.3 Å². The normalized spacial score (nSPS) is 11.7. The van der Waals surface area contributed by atoms with Gasteiger partial charge in [-0.15, -0.1) is 0 Å². The molecule has 1 atom stereocenters. The van der Waals surface area contributed by atoms with Gasteiger partial charge in [-0.3, -0.25) is 0 Å². The number of hydrogen-bond acceptors (Lipinski definition) is 4. The lowest BCUT2D eigenvalue weighted by atomic mass is 10.1. The highest BCUT2D eigenvalue weighted by Crippen LogP contribution is 2.18. The van der Waals surface area contributed by atoms with Crippen LogP contribution in [0.4, 0.5) is 14.6 Å². The standard InChI is InChI=1S/C14H11F2N3O/c15-11-4-3-9(6-12(11)16)13(20)8-19-14-10(7-17)2-1-5-18-14/h1-6,13,20H,8H2,(H,18,19)/t13-/m0/s1. The van der Waals surface area contributed by atoms with Crippen LogP contribution in [-0.2, 0) is 0 Å². The molecule has 2 aromatic rings. The molecule has 2 N–H and O–H groups in total. The average molecular weight is 275 g/mol. The monoisotopic (exact) mass is 275 g/mol. The molecule has 20 heavy (non-hydrogen) atoms. The summed E-state index contributed by atoms with van der Waals surface area (Å²) in [5.74, 6) is -1.65. The van der Waals surface area contributed by atoms with Crippen molar-refractivity contribution in [1.29, 1.82) is 5.26 Å². The molecular formula is C14H11F2N3O. The number of aromatic nitrogens is 1. The topological polar surface area (TPSA) is 68.9 Å². The molecule has 0 spiro atoms. The number of rotatable bonds is 4. The summed E-state index contributed by atoms with van der Waals surface area (Å²) >= 11 is 0. The van der Waals surface area contributed by atoms with Crippen LogP contribution >= 0.6 is 0 Å². The number of nitriles is 1. The summed E-state index contributed by atoms with van der Waals surface area (Å²) in [6.07, 6.45) is 0.464. The first kappa shape index (κ1) is 13.9. The first-order chi connectivity index (χ1) is 9.61. The number of benzene rings is 1. The zero-order valence-corrected chi connectivity index (χ0v) is 10.3. The number of pyridine rings is 1. The lowest BCUT2D eigenvalue weighted by Crippen LogP contribution is -2.14. The van der Waals surface area contributed by atoms with Crippen molar-refractivity contribution in [3.63, 3.8) is 0 Å². The third-order valence-corrected chi connectivity index (χ3v) is 2.72. The van der Waals surface area contributed by atoms with Crippen molar-refractivity contribution in [3.05, 3.63) is 59.3 Å². The average Bonchev–Trinajstić information content (AvgIpc) is 2.47. The van der Waals surface area contributed by atoms with Crippen LogP contribution in [0.5, 0.6) is 0 Å². The molecule has 0 aliphatic rings. The lowest BCUT2D eigenvalue weighted by Gasteiger charge is -2.13. The predicted molar refractivity (Wildman–Crippen MR) is 68.8 cm³/mol. The lowest BCUT2D eigenvalue weighted by molar-refractivity contribution is 0.191. The van der Waals surface area contributed by atoms with E-state index in [0.717, 1.165) is 12.1 Å². The third-order valence-electron chi connectivity index (χ3n) is 2.72. The van der Waals surface area contributed by atoms with E-state index in [1.807, 2.05) is 6.07 Å². The Morgan fingerprint density at radius 3 is 2.80 bits per heavy atom. The zero-order chi connectivity index (χ0) is 14.5. The van der Waals surface area contributed by atoms with Crippen molar-refractivity contribution in [3.8, 4) is 6.07 Å². The molecule has 4 nitrogen and oxygen atoms in total. The Kier molecular flexibility index (Phi) is 4.23. The van der Waals surface area contributed by atoms with Crippen molar-refractivity contribution < 1.29 is 13.9 Å². The van der Waals surface area contributed by atoms with E-state index in [0.29, 0.717) is 11.4 Å². The van der Waals surface area contributed by atoms with Gasteiger partial charge in [0.2, 0.25) is 0 Å². The molecule has 1 heterocycles. The maximum atomic E-state index is 13.1. The maximum Gasteiger partial charge on any atom is 0.159 e. The Labute approximate surface area is 114 Å². The quantitative estimate of drug-likeness (QED) is 0.898. The molecule has 0 fully saturated rings. The van der Waals surface area contributed by atoms with E-state index in [9.17, 15) is 13.9 Å². The Bertz CT molecular complexity index is 655. The first-order valence-corrected chi connectivity index (χ1v) is 5.84. The molecule has 0 aliphatic carbocycles. The van der Waals surface area contributed by atoms with Crippen LogP contribution in [0.3, 0.4) is 0 Å². The van der Waals surface area contributed by atoms with Gasteiger partial charge >= 0.3 is 0 Å². The first-order valence-electron chi connectivity index (χ1n) is 5.84. The fraction of sp³-hybridized carbons (Fsp3) is 0.143. The minimum Gasteiger partial charge on any atom is -0.387 e. The minimum absolute atomic E-state index is 0.0246. The van der Waals surface area contributed by atoms with Crippen LogP contribution in [0.1, 0.15) is 17.2 Å². The second-order valence-corrected chi connectivity index (χ2v) is 4.08. The van der Waals surface area contributed by atoms with Crippen molar-refractivity contribution in [2.45, 2.75) is 6.10 Å². The van der Waals surface area contributed by atoms with E-state index in [1.54, 1.807) is 12.1 Å². The van der Waals surface area contributed by atoms with Crippen LogP contribution in [0, 0.1) is 23.0 Å². The molecule has 6 heteroatoms. The maximum absolute atomic E-state index is 13.1. The molecule has 0 unspecified atom stereocenters. The fourth-order valence-corrected chi connectivity index (χ4v) is 1.67. The molecule has 0 bridgehead atoms.